The zero-order valence-corrected chi connectivity index (χ0v) is 13.6. The molecule has 0 aliphatic heterocycles. The first kappa shape index (κ1) is 15.8. The molecule has 0 aliphatic carbocycles. The zero-order chi connectivity index (χ0) is 15.6. The predicted octanol–water partition coefficient (Wildman–Crippen LogP) is 5.13. The lowest BCUT2D eigenvalue weighted by Gasteiger charge is -2.12. The molecule has 0 heterocycles. The van der Waals surface area contributed by atoms with E-state index in [-0.39, 0.29) is 9.50 Å². The second-order valence-corrected chi connectivity index (χ2v) is 5.42. The van der Waals surface area contributed by atoms with Crippen LogP contribution in [-0.4, -0.2) is 13.1 Å². The molecule has 6 heteroatoms. The van der Waals surface area contributed by atoms with Crippen LogP contribution < -0.4 is 4.74 Å². The van der Waals surface area contributed by atoms with E-state index in [1.54, 1.807) is 31.2 Å². The molecule has 0 aliphatic rings. The zero-order valence-electron chi connectivity index (χ0n) is 11.2. The molecule has 0 fully saturated rings. The average molecular weight is 374 g/mol. The first-order chi connectivity index (χ1) is 9.93. The molecule has 2 aromatic carbocycles. The first-order valence-electron chi connectivity index (χ1n) is 5.94. The standard InChI is InChI=1S/C15H11BrClFO3/c1-8-7-11(18)12(16)13(17)14(8)21-10-5-3-9(4-6-10)15(19)20-2/h3-7H,1-2H3. The van der Waals surface area contributed by atoms with Gasteiger partial charge < -0.3 is 9.47 Å². The van der Waals surface area contributed by atoms with E-state index in [1.165, 1.54) is 13.2 Å². The predicted molar refractivity (Wildman–Crippen MR) is 81.7 cm³/mol. The van der Waals surface area contributed by atoms with Gasteiger partial charge in [0.05, 0.1) is 17.1 Å². The van der Waals surface area contributed by atoms with E-state index in [0.717, 1.165) is 0 Å². The van der Waals surface area contributed by atoms with Crippen LogP contribution in [0.2, 0.25) is 5.02 Å². The van der Waals surface area contributed by atoms with Gasteiger partial charge in [0.25, 0.3) is 0 Å². The Bertz CT molecular complexity index is 686. The third kappa shape index (κ3) is 3.36. The van der Waals surface area contributed by atoms with E-state index in [0.29, 0.717) is 22.6 Å². The summed E-state index contributed by atoms with van der Waals surface area (Å²) in [5.41, 5.74) is 0.978. The highest BCUT2D eigenvalue weighted by Gasteiger charge is 2.15. The number of benzene rings is 2. The van der Waals surface area contributed by atoms with Crippen LogP contribution in [-0.2, 0) is 4.74 Å². The van der Waals surface area contributed by atoms with Crippen LogP contribution >= 0.6 is 27.5 Å². The van der Waals surface area contributed by atoms with Crippen molar-refractivity contribution in [3.05, 3.63) is 56.8 Å². The Hall–Kier alpha value is -1.59. The highest BCUT2D eigenvalue weighted by atomic mass is 79.9. The fraction of sp³-hybridized carbons (Fsp3) is 0.133. The van der Waals surface area contributed by atoms with Gasteiger partial charge in [0.1, 0.15) is 22.3 Å². The molecular formula is C15H11BrClFO3. The average Bonchev–Trinajstić information content (AvgIpc) is 2.49. The maximum atomic E-state index is 13.5. The van der Waals surface area contributed by atoms with Crippen molar-refractivity contribution in [2.45, 2.75) is 6.92 Å². The molecule has 0 saturated carbocycles. The smallest absolute Gasteiger partial charge is 0.337 e. The summed E-state index contributed by atoms with van der Waals surface area (Å²) in [6.45, 7) is 1.69. The Morgan fingerprint density at radius 2 is 1.90 bits per heavy atom. The van der Waals surface area contributed by atoms with Gasteiger partial charge in [0, 0.05) is 0 Å². The number of ether oxygens (including phenoxy) is 2. The molecule has 0 radical (unpaired) electrons. The van der Waals surface area contributed by atoms with E-state index < -0.39 is 11.8 Å². The summed E-state index contributed by atoms with van der Waals surface area (Å²) in [4.78, 5) is 11.3. The fourth-order valence-electron chi connectivity index (χ4n) is 1.72. The van der Waals surface area contributed by atoms with Gasteiger partial charge in [-0.2, -0.15) is 0 Å². The van der Waals surface area contributed by atoms with Gasteiger partial charge in [-0.05, 0) is 58.7 Å². The van der Waals surface area contributed by atoms with E-state index in [1.807, 2.05) is 0 Å². The lowest BCUT2D eigenvalue weighted by atomic mass is 10.2. The molecule has 0 atom stereocenters. The van der Waals surface area contributed by atoms with Crippen molar-refractivity contribution in [2.24, 2.45) is 0 Å². The van der Waals surface area contributed by atoms with Crippen molar-refractivity contribution in [1.29, 1.82) is 0 Å². The van der Waals surface area contributed by atoms with Gasteiger partial charge in [0.15, 0.2) is 0 Å². The van der Waals surface area contributed by atoms with Crippen LogP contribution in [0.1, 0.15) is 15.9 Å². The van der Waals surface area contributed by atoms with Crippen LogP contribution in [0.3, 0.4) is 0 Å². The van der Waals surface area contributed by atoms with Crippen molar-refractivity contribution in [1.82, 2.24) is 0 Å². The highest BCUT2D eigenvalue weighted by Crippen LogP contribution is 2.39. The third-order valence-electron chi connectivity index (χ3n) is 2.80. The summed E-state index contributed by atoms with van der Waals surface area (Å²) in [6.07, 6.45) is 0. The molecule has 3 nitrogen and oxygen atoms in total. The van der Waals surface area contributed by atoms with Crippen molar-refractivity contribution < 1.29 is 18.7 Å². The van der Waals surface area contributed by atoms with Gasteiger partial charge in [-0.15, -0.1) is 0 Å². The second-order valence-electron chi connectivity index (χ2n) is 4.25. The minimum Gasteiger partial charge on any atom is -0.465 e. The number of hydrogen-bond acceptors (Lipinski definition) is 3. The van der Waals surface area contributed by atoms with Crippen molar-refractivity contribution in [2.75, 3.05) is 7.11 Å². The summed E-state index contributed by atoms with van der Waals surface area (Å²) in [6, 6.07) is 7.69. The molecule has 0 saturated heterocycles. The number of methoxy groups -OCH3 is 1. The Balaban J connectivity index is 2.31. The van der Waals surface area contributed by atoms with E-state index in [4.69, 9.17) is 16.3 Å². The Morgan fingerprint density at radius 1 is 1.29 bits per heavy atom. The molecule has 0 spiro atoms. The molecule has 2 rings (SSSR count). The normalized spacial score (nSPS) is 10.3. The van der Waals surface area contributed by atoms with E-state index >= 15 is 0 Å². The minimum atomic E-state index is -0.453. The van der Waals surface area contributed by atoms with E-state index in [2.05, 4.69) is 20.7 Å². The third-order valence-corrected chi connectivity index (χ3v) is 4.16. The quantitative estimate of drug-likeness (QED) is 0.553. The monoisotopic (exact) mass is 372 g/mol. The fourth-order valence-corrected chi connectivity index (χ4v) is 2.29. The summed E-state index contributed by atoms with van der Waals surface area (Å²) >= 11 is 9.14. The highest BCUT2D eigenvalue weighted by molar-refractivity contribution is 9.10. The van der Waals surface area contributed by atoms with Crippen LogP contribution in [0.4, 0.5) is 4.39 Å². The summed E-state index contributed by atoms with van der Waals surface area (Å²) in [7, 11) is 1.31. The van der Waals surface area contributed by atoms with Gasteiger partial charge in [-0.25, -0.2) is 9.18 Å². The topological polar surface area (TPSA) is 35.5 Å². The number of halogens is 3. The molecule has 0 unspecified atom stereocenters. The van der Waals surface area contributed by atoms with Crippen molar-refractivity contribution in [3.8, 4) is 11.5 Å². The van der Waals surface area contributed by atoms with Gasteiger partial charge in [0.2, 0.25) is 0 Å². The molecule has 0 bridgehead atoms. The number of hydrogen-bond donors (Lipinski definition) is 0. The second kappa shape index (κ2) is 6.45. The lowest BCUT2D eigenvalue weighted by molar-refractivity contribution is 0.0600. The van der Waals surface area contributed by atoms with Crippen LogP contribution in [0, 0.1) is 12.7 Å². The molecule has 0 aromatic heterocycles. The Morgan fingerprint density at radius 3 is 2.48 bits per heavy atom. The van der Waals surface area contributed by atoms with Crippen LogP contribution in [0.25, 0.3) is 0 Å². The molecule has 0 amide bonds. The molecule has 2 aromatic rings. The summed E-state index contributed by atoms with van der Waals surface area (Å²) in [5.74, 6) is -0.0481. The Labute approximate surface area is 134 Å². The minimum absolute atomic E-state index is 0.149. The first-order valence-corrected chi connectivity index (χ1v) is 7.11. The van der Waals surface area contributed by atoms with Crippen molar-refractivity contribution in [3.63, 3.8) is 0 Å². The maximum absolute atomic E-state index is 13.5. The molecule has 110 valence electrons. The molecule has 0 N–H and O–H groups in total. The maximum Gasteiger partial charge on any atom is 0.337 e. The summed E-state index contributed by atoms with van der Waals surface area (Å²) < 4.78 is 23.9. The number of aryl methyl sites for hydroxylation is 1. The summed E-state index contributed by atoms with van der Waals surface area (Å²) in [5, 5.41) is 0.157. The van der Waals surface area contributed by atoms with Crippen LogP contribution in [0.15, 0.2) is 34.8 Å². The number of carbonyl (C=O) groups excluding carboxylic acids is 1. The van der Waals surface area contributed by atoms with Gasteiger partial charge >= 0.3 is 5.97 Å². The van der Waals surface area contributed by atoms with Gasteiger partial charge in [-0.1, -0.05) is 11.6 Å². The van der Waals surface area contributed by atoms with Crippen molar-refractivity contribution >= 4 is 33.5 Å². The largest absolute Gasteiger partial charge is 0.465 e. The molecular weight excluding hydrogens is 363 g/mol. The van der Waals surface area contributed by atoms with E-state index in [9.17, 15) is 9.18 Å². The van der Waals surface area contributed by atoms with Crippen LogP contribution in [0.5, 0.6) is 11.5 Å². The number of carbonyl (C=O) groups is 1. The lowest BCUT2D eigenvalue weighted by Crippen LogP contribution is -2.00. The number of esters is 1. The molecule has 21 heavy (non-hydrogen) atoms. The SMILES string of the molecule is COC(=O)c1ccc(Oc2c(C)cc(F)c(Br)c2Cl)cc1. The Kier molecular flexibility index (Phi) is 4.85. The number of rotatable bonds is 3. The van der Waals surface area contributed by atoms with Gasteiger partial charge in [-0.3, -0.25) is 0 Å².